The molecule has 0 saturated heterocycles. The minimum absolute atomic E-state index is 0.162. The molecule has 1 aromatic heterocycles. The van der Waals surface area contributed by atoms with E-state index in [1.807, 2.05) is 0 Å². The molecule has 0 spiro atoms. The summed E-state index contributed by atoms with van der Waals surface area (Å²) in [6.07, 6.45) is 8.01. The second kappa shape index (κ2) is 5.38. The molecule has 3 nitrogen and oxygen atoms in total. The Bertz CT molecular complexity index is 657. The van der Waals surface area contributed by atoms with Crippen LogP contribution in [0, 0.1) is 35.0 Å². The van der Waals surface area contributed by atoms with Crippen molar-refractivity contribution in [3.05, 3.63) is 16.0 Å². The Morgan fingerprint density at radius 3 is 2.86 bits per heavy atom. The van der Waals surface area contributed by atoms with Crippen molar-refractivity contribution in [2.75, 3.05) is 5.32 Å². The monoisotopic (exact) mass is 314 g/mol. The molecule has 22 heavy (non-hydrogen) atoms. The van der Waals surface area contributed by atoms with Crippen LogP contribution in [0.3, 0.4) is 0 Å². The van der Waals surface area contributed by atoms with Gasteiger partial charge in [-0.1, -0.05) is 13.3 Å². The Balaban J connectivity index is 1.56. The second-order valence-corrected chi connectivity index (χ2v) is 8.54. The van der Waals surface area contributed by atoms with Crippen molar-refractivity contribution in [1.29, 1.82) is 5.26 Å². The highest BCUT2D eigenvalue weighted by Gasteiger charge is 2.43. The molecule has 0 aromatic carbocycles. The lowest BCUT2D eigenvalue weighted by Gasteiger charge is -2.20. The van der Waals surface area contributed by atoms with Crippen molar-refractivity contribution in [2.24, 2.45) is 23.7 Å². The van der Waals surface area contributed by atoms with Crippen LogP contribution in [-0.2, 0) is 17.6 Å². The molecule has 2 saturated carbocycles. The van der Waals surface area contributed by atoms with Gasteiger partial charge in [0.2, 0.25) is 5.91 Å². The number of anilines is 1. The second-order valence-electron chi connectivity index (χ2n) is 7.44. The fourth-order valence-electron chi connectivity index (χ4n) is 4.73. The van der Waals surface area contributed by atoms with Gasteiger partial charge in [0.1, 0.15) is 11.1 Å². The van der Waals surface area contributed by atoms with E-state index in [0.29, 0.717) is 11.8 Å². The summed E-state index contributed by atoms with van der Waals surface area (Å²) in [5.41, 5.74) is 1.94. The van der Waals surface area contributed by atoms with Gasteiger partial charge in [0.05, 0.1) is 5.56 Å². The summed E-state index contributed by atoms with van der Waals surface area (Å²) in [6.45, 7) is 2.27. The number of nitriles is 1. The lowest BCUT2D eigenvalue weighted by atomic mass is 9.88. The van der Waals surface area contributed by atoms with Crippen LogP contribution in [0.4, 0.5) is 5.00 Å². The SMILES string of the molecule is C[C@@H]1CCc2c(sc(NC(=O)[C@@H]3C[C@H]4CC[C@H]3C4)c2C#N)C1. The first-order valence-electron chi connectivity index (χ1n) is 8.51. The van der Waals surface area contributed by atoms with Crippen molar-refractivity contribution < 1.29 is 4.79 Å². The molecular formula is C18H22N2OS. The Kier molecular flexibility index (Phi) is 3.49. The Labute approximate surface area is 135 Å². The van der Waals surface area contributed by atoms with Crippen LogP contribution < -0.4 is 5.32 Å². The third-order valence-electron chi connectivity index (χ3n) is 5.94. The van der Waals surface area contributed by atoms with E-state index >= 15 is 0 Å². The van der Waals surface area contributed by atoms with Gasteiger partial charge in [-0.3, -0.25) is 4.79 Å². The third-order valence-corrected chi connectivity index (χ3v) is 7.10. The van der Waals surface area contributed by atoms with E-state index in [-0.39, 0.29) is 11.8 Å². The van der Waals surface area contributed by atoms with E-state index in [2.05, 4.69) is 18.3 Å². The summed E-state index contributed by atoms with van der Waals surface area (Å²) in [4.78, 5) is 14.0. The van der Waals surface area contributed by atoms with Crippen molar-refractivity contribution in [3.8, 4) is 6.07 Å². The maximum atomic E-state index is 12.6. The van der Waals surface area contributed by atoms with Crippen LogP contribution in [0.1, 0.15) is 55.0 Å². The highest BCUT2D eigenvalue weighted by atomic mass is 32.1. The Morgan fingerprint density at radius 2 is 2.18 bits per heavy atom. The van der Waals surface area contributed by atoms with Gasteiger partial charge in [0.25, 0.3) is 0 Å². The van der Waals surface area contributed by atoms with Crippen LogP contribution in [0.5, 0.6) is 0 Å². The lowest BCUT2D eigenvalue weighted by Crippen LogP contribution is -2.27. The maximum Gasteiger partial charge on any atom is 0.228 e. The molecule has 1 heterocycles. The number of rotatable bonds is 2. The number of hydrogen-bond donors (Lipinski definition) is 1. The fourth-order valence-corrected chi connectivity index (χ4v) is 6.09. The van der Waals surface area contributed by atoms with Crippen LogP contribution in [0.2, 0.25) is 0 Å². The summed E-state index contributed by atoms with van der Waals surface area (Å²) in [7, 11) is 0. The molecule has 0 radical (unpaired) electrons. The standard InChI is InChI=1S/C18H22N2OS/c1-10-2-5-13-15(9-19)18(22-16(13)6-10)20-17(21)14-8-11-3-4-12(14)7-11/h10-12,14H,2-8H2,1H3,(H,20,21)/t10-,11+,12+,14-/m1/s1. The highest BCUT2D eigenvalue weighted by Crippen LogP contribution is 2.49. The normalized spacial score (nSPS) is 32.5. The number of amides is 1. The predicted octanol–water partition coefficient (Wildman–Crippen LogP) is 4.12. The van der Waals surface area contributed by atoms with E-state index in [1.54, 1.807) is 11.3 Å². The van der Waals surface area contributed by atoms with Crippen molar-refractivity contribution in [1.82, 2.24) is 0 Å². The number of carbonyl (C=O) groups excluding carboxylic acids is 1. The molecule has 3 aliphatic rings. The molecule has 3 aliphatic carbocycles. The van der Waals surface area contributed by atoms with Gasteiger partial charge in [-0.15, -0.1) is 11.3 Å². The van der Waals surface area contributed by atoms with Crippen molar-refractivity contribution >= 4 is 22.2 Å². The Hall–Kier alpha value is -1.34. The average Bonchev–Trinajstić information content (AvgIpc) is 3.19. The maximum absolute atomic E-state index is 12.6. The molecule has 116 valence electrons. The summed E-state index contributed by atoms with van der Waals surface area (Å²) in [5.74, 6) is 2.39. The summed E-state index contributed by atoms with van der Waals surface area (Å²) >= 11 is 1.64. The van der Waals surface area contributed by atoms with Gasteiger partial charge in [-0.2, -0.15) is 5.26 Å². The summed E-state index contributed by atoms with van der Waals surface area (Å²) in [6, 6.07) is 2.34. The average molecular weight is 314 g/mol. The molecule has 1 N–H and O–H groups in total. The van der Waals surface area contributed by atoms with Gasteiger partial charge < -0.3 is 5.32 Å². The van der Waals surface area contributed by atoms with E-state index in [1.165, 1.54) is 29.7 Å². The van der Waals surface area contributed by atoms with Gasteiger partial charge >= 0.3 is 0 Å². The Morgan fingerprint density at radius 1 is 1.32 bits per heavy atom. The molecule has 4 atom stereocenters. The topological polar surface area (TPSA) is 52.9 Å². The van der Waals surface area contributed by atoms with Gasteiger partial charge in [-0.25, -0.2) is 0 Å². The number of thiophene rings is 1. The number of hydrogen-bond acceptors (Lipinski definition) is 3. The smallest absolute Gasteiger partial charge is 0.228 e. The first-order chi connectivity index (χ1) is 10.7. The van der Waals surface area contributed by atoms with E-state index < -0.39 is 0 Å². The minimum Gasteiger partial charge on any atom is -0.316 e. The molecule has 0 unspecified atom stereocenters. The highest BCUT2D eigenvalue weighted by molar-refractivity contribution is 7.16. The zero-order valence-electron chi connectivity index (χ0n) is 13.0. The lowest BCUT2D eigenvalue weighted by molar-refractivity contribution is -0.121. The zero-order chi connectivity index (χ0) is 15.3. The van der Waals surface area contributed by atoms with Crippen molar-refractivity contribution in [2.45, 2.75) is 51.9 Å². The van der Waals surface area contributed by atoms with Gasteiger partial charge in [-0.05, 0) is 61.8 Å². The van der Waals surface area contributed by atoms with Crippen LogP contribution in [-0.4, -0.2) is 5.91 Å². The first-order valence-corrected chi connectivity index (χ1v) is 9.32. The largest absolute Gasteiger partial charge is 0.316 e. The number of nitrogens with zero attached hydrogens (tertiary/aromatic N) is 1. The molecule has 2 fully saturated rings. The minimum atomic E-state index is 0.162. The van der Waals surface area contributed by atoms with Gasteiger partial charge in [0.15, 0.2) is 0 Å². The number of fused-ring (bicyclic) bond motifs is 3. The molecule has 0 aliphatic heterocycles. The molecule has 4 heteroatoms. The van der Waals surface area contributed by atoms with Crippen LogP contribution >= 0.6 is 11.3 Å². The summed E-state index contributed by atoms with van der Waals surface area (Å²) in [5, 5.41) is 13.4. The van der Waals surface area contributed by atoms with Crippen molar-refractivity contribution in [3.63, 3.8) is 0 Å². The van der Waals surface area contributed by atoms with E-state index in [0.717, 1.165) is 42.2 Å². The molecule has 2 bridgehead atoms. The van der Waals surface area contributed by atoms with Gasteiger partial charge in [0, 0.05) is 10.8 Å². The quantitative estimate of drug-likeness (QED) is 0.892. The molecule has 1 aromatic rings. The fraction of sp³-hybridized carbons (Fsp3) is 0.667. The number of carbonyl (C=O) groups is 1. The summed E-state index contributed by atoms with van der Waals surface area (Å²) < 4.78 is 0. The first kappa shape index (κ1) is 14.3. The molecular weight excluding hydrogens is 292 g/mol. The molecule has 4 rings (SSSR count). The zero-order valence-corrected chi connectivity index (χ0v) is 13.8. The number of nitrogens with one attached hydrogen (secondary N) is 1. The third kappa shape index (κ3) is 2.27. The van der Waals surface area contributed by atoms with E-state index in [4.69, 9.17) is 0 Å². The van der Waals surface area contributed by atoms with E-state index in [9.17, 15) is 10.1 Å². The van der Waals surface area contributed by atoms with Crippen LogP contribution in [0.25, 0.3) is 0 Å². The predicted molar refractivity (Wildman–Crippen MR) is 87.8 cm³/mol. The van der Waals surface area contributed by atoms with Crippen LogP contribution in [0.15, 0.2) is 0 Å². The molecule has 1 amide bonds.